The zero-order valence-electron chi connectivity index (χ0n) is 11.4. The summed E-state index contributed by atoms with van der Waals surface area (Å²) < 4.78 is 26.6. The molecule has 0 aliphatic carbocycles. The second-order valence-electron chi connectivity index (χ2n) is 5.21. The fraction of sp³-hybridized carbons (Fsp3) is 0.571. The lowest BCUT2D eigenvalue weighted by Crippen LogP contribution is -2.42. The number of hydrogen-bond donors (Lipinski definition) is 1. The summed E-state index contributed by atoms with van der Waals surface area (Å²) in [7, 11) is 1.87. The third kappa shape index (κ3) is 3.27. The van der Waals surface area contributed by atoms with Gasteiger partial charge in [-0.1, -0.05) is 19.1 Å². The standard InChI is InChI=1S/C14H21F2NO/c1-5-14(2,3)17(4)9-12(18)10-7-6-8-11(15)13(10)16/h6-8,12,18H,5,9H2,1-4H3. The van der Waals surface area contributed by atoms with Gasteiger partial charge in [0.2, 0.25) is 0 Å². The minimum absolute atomic E-state index is 0.00810. The summed E-state index contributed by atoms with van der Waals surface area (Å²) in [4.78, 5) is 1.95. The number of benzene rings is 1. The minimum atomic E-state index is -1.03. The van der Waals surface area contributed by atoms with Crippen molar-refractivity contribution in [3.05, 3.63) is 35.4 Å². The van der Waals surface area contributed by atoms with Gasteiger partial charge in [-0.25, -0.2) is 8.78 Å². The van der Waals surface area contributed by atoms with Gasteiger partial charge in [0, 0.05) is 17.6 Å². The van der Waals surface area contributed by atoms with Crippen molar-refractivity contribution in [2.45, 2.75) is 38.8 Å². The van der Waals surface area contributed by atoms with Crippen LogP contribution in [0.25, 0.3) is 0 Å². The van der Waals surface area contributed by atoms with E-state index in [1.54, 1.807) is 0 Å². The van der Waals surface area contributed by atoms with Gasteiger partial charge in [0.1, 0.15) is 0 Å². The van der Waals surface area contributed by atoms with E-state index in [0.29, 0.717) is 0 Å². The van der Waals surface area contributed by atoms with Crippen molar-refractivity contribution in [2.24, 2.45) is 0 Å². The molecule has 4 heteroatoms. The summed E-state index contributed by atoms with van der Waals surface area (Å²) in [5.41, 5.74) is -0.0844. The van der Waals surface area contributed by atoms with Gasteiger partial charge in [-0.15, -0.1) is 0 Å². The number of β-amino-alcohol motifs (C(OH)–C–C–N with tert-alkyl or cyclic N) is 1. The van der Waals surface area contributed by atoms with E-state index >= 15 is 0 Å². The Kier molecular flexibility index (Phi) is 4.82. The van der Waals surface area contributed by atoms with Gasteiger partial charge in [0.25, 0.3) is 0 Å². The smallest absolute Gasteiger partial charge is 0.164 e. The van der Waals surface area contributed by atoms with Crippen LogP contribution in [-0.4, -0.2) is 29.1 Å². The fourth-order valence-electron chi connectivity index (χ4n) is 1.65. The lowest BCUT2D eigenvalue weighted by atomic mass is 9.98. The van der Waals surface area contributed by atoms with Crippen LogP contribution in [0.1, 0.15) is 38.9 Å². The van der Waals surface area contributed by atoms with E-state index in [0.717, 1.165) is 12.5 Å². The maximum absolute atomic E-state index is 13.5. The third-order valence-corrected chi connectivity index (χ3v) is 3.69. The van der Waals surface area contributed by atoms with Crippen molar-refractivity contribution in [1.29, 1.82) is 0 Å². The topological polar surface area (TPSA) is 23.5 Å². The van der Waals surface area contributed by atoms with Gasteiger partial charge in [-0.3, -0.25) is 4.90 Å². The first kappa shape index (κ1) is 15.1. The Morgan fingerprint density at radius 1 is 1.33 bits per heavy atom. The third-order valence-electron chi connectivity index (χ3n) is 3.69. The number of nitrogens with zero attached hydrogens (tertiary/aromatic N) is 1. The molecule has 1 aromatic carbocycles. The van der Waals surface area contributed by atoms with Gasteiger partial charge in [-0.05, 0) is 33.4 Å². The molecule has 0 spiro atoms. The monoisotopic (exact) mass is 257 g/mol. The molecule has 0 saturated heterocycles. The number of halogens is 2. The highest BCUT2D eigenvalue weighted by Gasteiger charge is 2.25. The van der Waals surface area contributed by atoms with Crippen LogP contribution >= 0.6 is 0 Å². The van der Waals surface area contributed by atoms with Gasteiger partial charge in [-0.2, -0.15) is 0 Å². The Morgan fingerprint density at radius 3 is 2.50 bits per heavy atom. The molecule has 0 radical (unpaired) electrons. The molecule has 0 amide bonds. The Morgan fingerprint density at radius 2 is 1.94 bits per heavy atom. The summed E-state index contributed by atoms with van der Waals surface area (Å²) in [6.45, 7) is 6.40. The highest BCUT2D eigenvalue weighted by molar-refractivity contribution is 5.21. The zero-order valence-corrected chi connectivity index (χ0v) is 11.4. The maximum atomic E-state index is 13.5. The quantitative estimate of drug-likeness (QED) is 0.876. The van der Waals surface area contributed by atoms with Crippen molar-refractivity contribution in [3.8, 4) is 0 Å². The number of hydrogen-bond acceptors (Lipinski definition) is 2. The predicted molar refractivity (Wildman–Crippen MR) is 68.3 cm³/mol. The molecule has 18 heavy (non-hydrogen) atoms. The summed E-state index contributed by atoms with van der Waals surface area (Å²) >= 11 is 0. The summed E-state index contributed by atoms with van der Waals surface area (Å²) in [6.07, 6.45) is -0.126. The Hall–Kier alpha value is -1.00. The molecule has 1 unspecified atom stereocenters. The Balaban J connectivity index is 2.83. The van der Waals surface area contributed by atoms with Crippen LogP contribution in [0.2, 0.25) is 0 Å². The number of aliphatic hydroxyl groups excluding tert-OH is 1. The second-order valence-corrected chi connectivity index (χ2v) is 5.21. The first-order valence-electron chi connectivity index (χ1n) is 6.12. The maximum Gasteiger partial charge on any atom is 0.164 e. The average molecular weight is 257 g/mol. The largest absolute Gasteiger partial charge is 0.387 e. The highest BCUT2D eigenvalue weighted by atomic mass is 19.2. The molecule has 102 valence electrons. The number of aliphatic hydroxyl groups is 1. The van der Waals surface area contributed by atoms with Crippen LogP contribution in [0.15, 0.2) is 18.2 Å². The summed E-state index contributed by atoms with van der Waals surface area (Å²) in [6, 6.07) is 3.86. The van der Waals surface area contributed by atoms with E-state index < -0.39 is 17.7 Å². The molecular weight excluding hydrogens is 236 g/mol. The SMILES string of the molecule is CCC(C)(C)N(C)CC(O)c1cccc(F)c1F. The lowest BCUT2D eigenvalue weighted by molar-refractivity contribution is 0.0664. The Labute approximate surface area is 107 Å². The van der Waals surface area contributed by atoms with Crippen LogP contribution in [0.5, 0.6) is 0 Å². The number of rotatable bonds is 5. The van der Waals surface area contributed by atoms with Gasteiger partial charge in [0.05, 0.1) is 6.10 Å². The van der Waals surface area contributed by atoms with Crippen molar-refractivity contribution >= 4 is 0 Å². The molecule has 0 aromatic heterocycles. The molecule has 0 saturated carbocycles. The molecule has 0 aliphatic rings. The summed E-state index contributed by atoms with van der Waals surface area (Å²) in [5.74, 6) is -1.89. The molecule has 0 bridgehead atoms. The van der Waals surface area contributed by atoms with Crippen LogP contribution in [-0.2, 0) is 0 Å². The molecule has 1 N–H and O–H groups in total. The van der Waals surface area contributed by atoms with Gasteiger partial charge >= 0.3 is 0 Å². The molecule has 0 aliphatic heterocycles. The highest BCUT2D eigenvalue weighted by Crippen LogP contribution is 2.23. The average Bonchev–Trinajstić information content (AvgIpc) is 2.32. The lowest BCUT2D eigenvalue weighted by Gasteiger charge is -2.36. The summed E-state index contributed by atoms with van der Waals surface area (Å²) in [5, 5.41) is 10.0. The minimum Gasteiger partial charge on any atom is -0.387 e. The van der Waals surface area contributed by atoms with E-state index in [9.17, 15) is 13.9 Å². The first-order chi connectivity index (χ1) is 8.29. The molecule has 0 fully saturated rings. The number of likely N-dealkylation sites (N-methyl/N-ethyl adjacent to an activating group) is 1. The van der Waals surface area contributed by atoms with Crippen molar-refractivity contribution in [3.63, 3.8) is 0 Å². The van der Waals surface area contributed by atoms with E-state index in [2.05, 4.69) is 0 Å². The molecule has 1 aromatic rings. The first-order valence-corrected chi connectivity index (χ1v) is 6.12. The molecule has 1 rings (SSSR count). The van der Waals surface area contributed by atoms with Crippen molar-refractivity contribution < 1.29 is 13.9 Å². The fourth-order valence-corrected chi connectivity index (χ4v) is 1.65. The zero-order chi connectivity index (χ0) is 13.9. The van der Waals surface area contributed by atoms with E-state index in [1.807, 2.05) is 32.7 Å². The Bertz CT molecular complexity index is 407. The van der Waals surface area contributed by atoms with Crippen LogP contribution < -0.4 is 0 Å². The molecule has 1 atom stereocenters. The van der Waals surface area contributed by atoms with E-state index in [4.69, 9.17) is 0 Å². The van der Waals surface area contributed by atoms with E-state index in [-0.39, 0.29) is 17.6 Å². The van der Waals surface area contributed by atoms with Crippen molar-refractivity contribution in [1.82, 2.24) is 4.90 Å². The van der Waals surface area contributed by atoms with Crippen LogP contribution in [0, 0.1) is 11.6 Å². The van der Waals surface area contributed by atoms with Crippen molar-refractivity contribution in [2.75, 3.05) is 13.6 Å². The van der Waals surface area contributed by atoms with Crippen LogP contribution in [0.3, 0.4) is 0 Å². The van der Waals surface area contributed by atoms with Gasteiger partial charge in [0.15, 0.2) is 11.6 Å². The van der Waals surface area contributed by atoms with Crippen LogP contribution in [0.4, 0.5) is 8.78 Å². The molecule has 0 heterocycles. The molecule has 2 nitrogen and oxygen atoms in total. The van der Waals surface area contributed by atoms with Gasteiger partial charge < -0.3 is 5.11 Å². The normalized spacial score (nSPS) is 14.0. The predicted octanol–water partition coefficient (Wildman–Crippen LogP) is 3.12. The molecular formula is C14H21F2NO. The second kappa shape index (κ2) is 5.76. The van der Waals surface area contributed by atoms with E-state index in [1.165, 1.54) is 12.1 Å².